The lowest BCUT2D eigenvalue weighted by molar-refractivity contribution is -0.117. The summed E-state index contributed by atoms with van der Waals surface area (Å²) in [6, 6.07) is 0. The molecule has 5 N–H and O–H groups in total. The van der Waals surface area contributed by atoms with Gasteiger partial charge in [0, 0.05) is 18.0 Å². The molecule has 1 amide bonds. The van der Waals surface area contributed by atoms with Gasteiger partial charge in [-0.3, -0.25) is 10.2 Å². The van der Waals surface area contributed by atoms with E-state index in [1.807, 2.05) is 12.3 Å². The average Bonchev–Trinajstić information content (AvgIpc) is 2.04. The van der Waals surface area contributed by atoms with Gasteiger partial charge in [0.1, 0.15) is 0 Å². The van der Waals surface area contributed by atoms with Gasteiger partial charge < -0.3 is 10.7 Å². The molecule has 5 nitrogen and oxygen atoms in total. The first-order valence-corrected chi connectivity index (χ1v) is 4.05. The summed E-state index contributed by atoms with van der Waals surface area (Å²) in [5, 5.41) is 10.3. The fraction of sp³-hybridized carbons (Fsp3) is 0.500. The van der Waals surface area contributed by atoms with E-state index in [1.54, 1.807) is 13.8 Å². The number of hydrogen-bond acceptors (Lipinski definition) is 4. The van der Waals surface area contributed by atoms with Crippen molar-refractivity contribution in [1.82, 2.24) is 10.7 Å². The maximum atomic E-state index is 11.2. The number of carbonyl (C=O) groups is 1. The molecule has 0 radical (unpaired) electrons. The van der Waals surface area contributed by atoms with Crippen molar-refractivity contribution in [1.29, 1.82) is 5.41 Å². The molecule has 0 aromatic heterocycles. The Hall–Kier alpha value is -1.36. The van der Waals surface area contributed by atoms with Gasteiger partial charge in [0.05, 0.1) is 5.57 Å². The van der Waals surface area contributed by atoms with E-state index in [0.717, 1.165) is 0 Å². The lowest BCUT2D eigenvalue weighted by Crippen LogP contribution is -2.35. The molecule has 5 heteroatoms. The second-order valence-corrected chi connectivity index (χ2v) is 2.63. The zero-order valence-corrected chi connectivity index (χ0v) is 8.19. The Morgan fingerprint density at radius 2 is 2.00 bits per heavy atom. The Balaban J connectivity index is 4.88. The molecule has 0 atom stereocenters. The Kier molecular flexibility index (Phi) is 4.76. The molecule has 0 bridgehead atoms. The first-order valence-electron chi connectivity index (χ1n) is 4.05. The van der Waals surface area contributed by atoms with Gasteiger partial charge in [-0.25, -0.2) is 5.84 Å². The van der Waals surface area contributed by atoms with Crippen LogP contribution in [0.4, 0.5) is 0 Å². The van der Waals surface area contributed by atoms with Gasteiger partial charge in [-0.05, 0) is 20.8 Å². The monoisotopic (exact) mass is 184 g/mol. The molecule has 0 aromatic rings. The maximum Gasteiger partial charge on any atom is 0.268 e. The highest BCUT2D eigenvalue weighted by Crippen LogP contribution is 2.02. The van der Waals surface area contributed by atoms with Crippen LogP contribution >= 0.6 is 0 Å². The van der Waals surface area contributed by atoms with E-state index in [1.165, 1.54) is 0 Å². The molecule has 0 heterocycles. The minimum atomic E-state index is -0.439. The predicted molar refractivity (Wildman–Crippen MR) is 52.1 cm³/mol. The zero-order valence-electron chi connectivity index (χ0n) is 8.19. The van der Waals surface area contributed by atoms with Gasteiger partial charge in [0.15, 0.2) is 0 Å². The number of rotatable bonds is 4. The highest BCUT2D eigenvalue weighted by atomic mass is 16.2. The number of carbonyl (C=O) groups excluding carboxylic acids is 1. The molecule has 0 aliphatic carbocycles. The van der Waals surface area contributed by atoms with E-state index in [4.69, 9.17) is 11.3 Å². The number of nitrogens with two attached hydrogens (primary N) is 1. The summed E-state index contributed by atoms with van der Waals surface area (Å²) in [7, 11) is 0. The third kappa shape index (κ3) is 3.25. The summed E-state index contributed by atoms with van der Waals surface area (Å²) in [5.74, 6) is 4.55. The molecule has 0 saturated heterocycles. The van der Waals surface area contributed by atoms with Crippen LogP contribution in [0.5, 0.6) is 0 Å². The van der Waals surface area contributed by atoms with E-state index in [2.05, 4.69) is 5.32 Å². The van der Waals surface area contributed by atoms with Crippen LogP contribution in [0.1, 0.15) is 20.8 Å². The normalized spacial score (nSPS) is 11.7. The van der Waals surface area contributed by atoms with Crippen molar-refractivity contribution < 1.29 is 4.79 Å². The molecule has 0 spiro atoms. The number of hydrazine groups is 1. The van der Waals surface area contributed by atoms with Crippen LogP contribution in [0.15, 0.2) is 11.3 Å². The van der Waals surface area contributed by atoms with E-state index in [-0.39, 0.29) is 5.71 Å². The number of amides is 1. The van der Waals surface area contributed by atoms with E-state index in [0.29, 0.717) is 17.8 Å². The predicted octanol–water partition coefficient (Wildman–Crippen LogP) is -0.101. The second kappa shape index (κ2) is 5.31. The van der Waals surface area contributed by atoms with Crippen LogP contribution in [0.3, 0.4) is 0 Å². The van der Waals surface area contributed by atoms with Gasteiger partial charge in [-0.15, -0.1) is 0 Å². The van der Waals surface area contributed by atoms with Crippen LogP contribution in [-0.2, 0) is 4.79 Å². The Bertz CT molecular complexity index is 245. The van der Waals surface area contributed by atoms with Gasteiger partial charge in [0.2, 0.25) is 0 Å². The smallest absolute Gasteiger partial charge is 0.268 e. The summed E-state index contributed by atoms with van der Waals surface area (Å²) in [4.78, 5) is 11.2. The lowest BCUT2D eigenvalue weighted by Gasteiger charge is -2.10. The molecule has 13 heavy (non-hydrogen) atoms. The first kappa shape index (κ1) is 11.6. The SMILES string of the molecule is CCN/C(C)=C(\C(C)=N)C(=O)NN. The highest BCUT2D eigenvalue weighted by molar-refractivity contribution is 6.19. The summed E-state index contributed by atoms with van der Waals surface area (Å²) in [6.45, 7) is 5.92. The molecule has 0 aliphatic rings. The fourth-order valence-corrected chi connectivity index (χ4v) is 1.05. The van der Waals surface area contributed by atoms with Gasteiger partial charge in [-0.2, -0.15) is 0 Å². The number of nitrogens with one attached hydrogen (secondary N) is 3. The molecule has 0 aliphatic heterocycles. The largest absolute Gasteiger partial charge is 0.388 e. The molecule has 74 valence electrons. The van der Waals surface area contributed by atoms with Crippen molar-refractivity contribution in [2.75, 3.05) is 6.54 Å². The minimum absolute atomic E-state index is 0.196. The van der Waals surface area contributed by atoms with Crippen molar-refractivity contribution in [3.05, 3.63) is 11.3 Å². The Morgan fingerprint density at radius 3 is 2.31 bits per heavy atom. The molecule has 0 unspecified atom stereocenters. The Labute approximate surface area is 77.9 Å². The Morgan fingerprint density at radius 1 is 1.46 bits per heavy atom. The molecular weight excluding hydrogens is 168 g/mol. The summed E-state index contributed by atoms with van der Waals surface area (Å²) >= 11 is 0. The van der Waals surface area contributed by atoms with E-state index in [9.17, 15) is 4.79 Å². The summed E-state index contributed by atoms with van der Waals surface area (Å²) < 4.78 is 0. The highest BCUT2D eigenvalue weighted by Gasteiger charge is 2.13. The van der Waals surface area contributed by atoms with E-state index < -0.39 is 5.91 Å². The third-order valence-corrected chi connectivity index (χ3v) is 1.55. The van der Waals surface area contributed by atoms with Crippen LogP contribution in [-0.4, -0.2) is 18.2 Å². The molecular formula is C8H16N4O. The zero-order chi connectivity index (χ0) is 10.4. The van der Waals surface area contributed by atoms with Crippen molar-refractivity contribution >= 4 is 11.6 Å². The fourth-order valence-electron chi connectivity index (χ4n) is 1.05. The first-order chi connectivity index (χ1) is 6.04. The minimum Gasteiger partial charge on any atom is -0.388 e. The van der Waals surface area contributed by atoms with Crippen molar-refractivity contribution in [3.63, 3.8) is 0 Å². The van der Waals surface area contributed by atoms with Gasteiger partial charge in [0.25, 0.3) is 5.91 Å². The summed E-state index contributed by atoms with van der Waals surface area (Å²) in [6.07, 6.45) is 0. The average molecular weight is 184 g/mol. The third-order valence-electron chi connectivity index (χ3n) is 1.55. The number of allylic oxidation sites excluding steroid dienone is 1. The van der Waals surface area contributed by atoms with Gasteiger partial charge in [-0.1, -0.05) is 0 Å². The molecule has 0 fully saturated rings. The second-order valence-electron chi connectivity index (χ2n) is 2.63. The van der Waals surface area contributed by atoms with Crippen LogP contribution in [0.2, 0.25) is 0 Å². The number of hydrogen-bond donors (Lipinski definition) is 4. The topological polar surface area (TPSA) is 91.0 Å². The molecule has 0 aromatic carbocycles. The van der Waals surface area contributed by atoms with Crippen LogP contribution in [0, 0.1) is 5.41 Å². The van der Waals surface area contributed by atoms with Crippen LogP contribution in [0.25, 0.3) is 0 Å². The molecule has 0 saturated carbocycles. The quantitative estimate of drug-likeness (QED) is 0.162. The van der Waals surface area contributed by atoms with Crippen molar-refractivity contribution in [3.8, 4) is 0 Å². The molecule has 0 rings (SSSR count). The lowest BCUT2D eigenvalue weighted by atomic mass is 10.1. The maximum absolute atomic E-state index is 11.2. The van der Waals surface area contributed by atoms with Crippen LogP contribution < -0.4 is 16.6 Å². The van der Waals surface area contributed by atoms with Gasteiger partial charge >= 0.3 is 0 Å². The van der Waals surface area contributed by atoms with Crippen molar-refractivity contribution in [2.45, 2.75) is 20.8 Å². The standard InChI is InChI=1S/C8H16N4O/c1-4-11-6(3)7(5(2)9)8(13)12-10/h9,11H,4,10H2,1-3H3,(H,12,13)/b7-6+,9-5?. The van der Waals surface area contributed by atoms with Crippen molar-refractivity contribution in [2.24, 2.45) is 5.84 Å². The van der Waals surface area contributed by atoms with E-state index >= 15 is 0 Å². The summed E-state index contributed by atoms with van der Waals surface area (Å²) in [5.41, 5.74) is 3.16.